The minimum absolute atomic E-state index is 0.195. The zero-order valence-electron chi connectivity index (χ0n) is 12.1. The number of likely N-dealkylation sites (tertiary alicyclic amines) is 1. The summed E-state index contributed by atoms with van der Waals surface area (Å²) in [4.78, 5) is 36.4. The number of rotatable bonds is 3. The zero-order valence-corrected chi connectivity index (χ0v) is 12.9. The number of nitrogens with zero attached hydrogens (tertiary/aromatic N) is 1. The summed E-state index contributed by atoms with van der Waals surface area (Å²) >= 11 is 6.07. The number of carbonyl (C=O) groups is 3. The molecule has 118 valence electrons. The molecule has 1 fully saturated rings. The van der Waals surface area contributed by atoms with Crippen LogP contribution in [0.1, 0.15) is 36.5 Å². The molecule has 2 N–H and O–H groups in total. The van der Waals surface area contributed by atoms with Crippen LogP contribution in [0.4, 0.5) is 5.69 Å². The van der Waals surface area contributed by atoms with Gasteiger partial charge >= 0.3 is 5.97 Å². The van der Waals surface area contributed by atoms with Crippen molar-refractivity contribution in [1.29, 1.82) is 0 Å². The lowest BCUT2D eigenvalue weighted by atomic mass is 10.0. The molecule has 0 saturated carbocycles. The minimum Gasteiger partial charge on any atom is -0.480 e. The number of carboxylic acids is 1. The maximum atomic E-state index is 12.6. The second kappa shape index (κ2) is 6.79. The smallest absolute Gasteiger partial charge is 0.326 e. The molecule has 0 bridgehead atoms. The van der Waals surface area contributed by atoms with E-state index in [4.69, 9.17) is 11.6 Å². The lowest BCUT2D eigenvalue weighted by molar-refractivity contribution is -0.143. The molecule has 1 aromatic carbocycles. The van der Waals surface area contributed by atoms with Gasteiger partial charge < -0.3 is 15.3 Å². The first-order valence-corrected chi connectivity index (χ1v) is 7.39. The molecule has 0 aromatic heterocycles. The lowest BCUT2D eigenvalue weighted by Gasteiger charge is -2.33. The van der Waals surface area contributed by atoms with Crippen molar-refractivity contribution in [3.63, 3.8) is 0 Å². The van der Waals surface area contributed by atoms with Crippen molar-refractivity contribution in [2.75, 3.05) is 11.9 Å². The predicted molar refractivity (Wildman–Crippen MR) is 82.1 cm³/mol. The van der Waals surface area contributed by atoms with Gasteiger partial charge in [0.15, 0.2) is 0 Å². The summed E-state index contributed by atoms with van der Waals surface area (Å²) in [5.74, 6) is -1.70. The lowest BCUT2D eigenvalue weighted by Crippen LogP contribution is -2.48. The molecule has 1 aromatic rings. The Hall–Kier alpha value is -2.08. The van der Waals surface area contributed by atoms with E-state index in [-0.39, 0.29) is 16.5 Å². The SMILES string of the molecule is CC(=O)Nc1ccc(Cl)c(C(=O)N2CCCC[C@@H]2C(=O)O)c1. The van der Waals surface area contributed by atoms with E-state index in [0.29, 0.717) is 18.7 Å². The van der Waals surface area contributed by atoms with Gasteiger partial charge in [-0.15, -0.1) is 0 Å². The molecule has 0 aliphatic carbocycles. The Morgan fingerprint density at radius 3 is 2.68 bits per heavy atom. The number of hydrogen-bond acceptors (Lipinski definition) is 3. The summed E-state index contributed by atoms with van der Waals surface area (Å²) in [6.07, 6.45) is 1.98. The first-order chi connectivity index (χ1) is 10.4. The van der Waals surface area contributed by atoms with Gasteiger partial charge in [-0.25, -0.2) is 4.79 Å². The Morgan fingerprint density at radius 1 is 1.32 bits per heavy atom. The third-order valence-corrected chi connectivity index (χ3v) is 3.90. The standard InChI is InChI=1S/C15H17ClN2O4/c1-9(19)17-10-5-6-12(16)11(8-10)14(20)18-7-3-2-4-13(18)15(21)22/h5-6,8,13H,2-4,7H2,1H3,(H,17,19)(H,21,22)/t13-/m1/s1. The highest BCUT2D eigenvalue weighted by molar-refractivity contribution is 6.34. The van der Waals surface area contributed by atoms with Crippen molar-refractivity contribution >= 4 is 35.1 Å². The molecular weight excluding hydrogens is 308 g/mol. The average Bonchev–Trinajstić information content (AvgIpc) is 2.48. The quantitative estimate of drug-likeness (QED) is 0.893. The van der Waals surface area contributed by atoms with Gasteiger partial charge in [-0.2, -0.15) is 0 Å². The van der Waals surface area contributed by atoms with Gasteiger partial charge in [0.2, 0.25) is 5.91 Å². The number of amides is 2. The largest absolute Gasteiger partial charge is 0.480 e. The van der Waals surface area contributed by atoms with Crippen molar-refractivity contribution in [2.24, 2.45) is 0 Å². The van der Waals surface area contributed by atoms with E-state index in [0.717, 1.165) is 12.8 Å². The Bertz CT molecular complexity index is 618. The van der Waals surface area contributed by atoms with Crippen molar-refractivity contribution in [1.82, 2.24) is 4.90 Å². The van der Waals surface area contributed by atoms with Crippen LogP contribution in [-0.4, -0.2) is 40.4 Å². The second-order valence-electron chi connectivity index (χ2n) is 5.22. The fourth-order valence-electron chi connectivity index (χ4n) is 2.56. The number of anilines is 1. The minimum atomic E-state index is -1.01. The number of carbonyl (C=O) groups excluding carboxylic acids is 2. The normalized spacial score (nSPS) is 17.9. The summed E-state index contributed by atoms with van der Waals surface area (Å²) in [6, 6.07) is 3.74. The highest BCUT2D eigenvalue weighted by Crippen LogP contribution is 2.26. The number of halogens is 1. The maximum Gasteiger partial charge on any atom is 0.326 e. The van der Waals surface area contributed by atoms with Crippen molar-refractivity contribution in [3.05, 3.63) is 28.8 Å². The average molecular weight is 325 g/mol. The molecule has 1 aliphatic heterocycles. The molecule has 7 heteroatoms. The van der Waals surface area contributed by atoms with Gasteiger partial charge in [-0.05, 0) is 37.5 Å². The molecule has 1 saturated heterocycles. The molecular formula is C15H17ClN2O4. The molecule has 6 nitrogen and oxygen atoms in total. The van der Waals surface area contributed by atoms with Crippen LogP contribution in [0.15, 0.2) is 18.2 Å². The fourth-order valence-corrected chi connectivity index (χ4v) is 2.75. The number of aliphatic carboxylic acids is 1. The maximum absolute atomic E-state index is 12.6. The first-order valence-electron chi connectivity index (χ1n) is 7.01. The second-order valence-corrected chi connectivity index (χ2v) is 5.63. The third-order valence-electron chi connectivity index (χ3n) is 3.57. The summed E-state index contributed by atoms with van der Waals surface area (Å²) in [6.45, 7) is 1.75. The molecule has 1 heterocycles. The van der Waals surface area contributed by atoms with E-state index in [1.807, 2.05) is 0 Å². The summed E-state index contributed by atoms with van der Waals surface area (Å²) in [5.41, 5.74) is 0.644. The summed E-state index contributed by atoms with van der Waals surface area (Å²) in [5, 5.41) is 12.1. The van der Waals surface area contributed by atoms with E-state index in [1.165, 1.54) is 24.0 Å². The number of hydrogen-bond donors (Lipinski definition) is 2. The van der Waals surface area contributed by atoms with Crippen molar-refractivity contribution in [2.45, 2.75) is 32.2 Å². The number of carboxylic acid groups (broad SMARTS) is 1. The third kappa shape index (κ3) is 3.57. The zero-order chi connectivity index (χ0) is 16.3. The predicted octanol–water partition coefficient (Wildman–Crippen LogP) is 2.38. The Labute approximate surface area is 133 Å². The van der Waals surface area contributed by atoms with E-state index in [2.05, 4.69) is 5.32 Å². The van der Waals surface area contributed by atoms with Gasteiger partial charge in [0, 0.05) is 19.2 Å². The van der Waals surface area contributed by atoms with Crippen LogP contribution in [0, 0.1) is 0 Å². The summed E-state index contributed by atoms with van der Waals surface area (Å²) < 4.78 is 0. The van der Waals surface area contributed by atoms with Gasteiger partial charge in [0.05, 0.1) is 10.6 Å². The Balaban J connectivity index is 2.31. The highest BCUT2D eigenvalue weighted by Gasteiger charge is 2.33. The molecule has 1 atom stereocenters. The Kier molecular flexibility index (Phi) is 5.03. The molecule has 2 rings (SSSR count). The van der Waals surface area contributed by atoms with E-state index < -0.39 is 17.9 Å². The monoisotopic (exact) mass is 324 g/mol. The fraction of sp³-hybridized carbons (Fsp3) is 0.400. The van der Waals surface area contributed by atoms with Gasteiger partial charge in [-0.3, -0.25) is 9.59 Å². The van der Waals surface area contributed by atoms with Gasteiger partial charge in [-0.1, -0.05) is 11.6 Å². The van der Waals surface area contributed by atoms with E-state index in [9.17, 15) is 19.5 Å². The van der Waals surface area contributed by atoms with Crippen LogP contribution >= 0.6 is 11.6 Å². The number of benzene rings is 1. The number of nitrogens with one attached hydrogen (secondary N) is 1. The van der Waals surface area contributed by atoms with Crippen LogP contribution in [-0.2, 0) is 9.59 Å². The molecule has 0 spiro atoms. The molecule has 2 amide bonds. The summed E-state index contributed by atoms with van der Waals surface area (Å²) in [7, 11) is 0. The van der Waals surface area contributed by atoms with Gasteiger partial charge in [0.25, 0.3) is 5.91 Å². The van der Waals surface area contributed by atoms with E-state index in [1.54, 1.807) is 6.07 Å². The van der Waals surface area contributed by atoms with Crippen LogP contribution < -0.4 is 5.32 Å². The van der Waals surface area contributed by atoms with Crippen LogP contribution in [0.25, 0.3) is 0 Å². The Morgan fingerprint density at radius 2 is 2.05 bits per heavy atom. The van der Waals surface area contributed by atoms with Crippen LogP contribution in [0.3, 0.4) is 0 Å². The van der Waals surface area contributed by atoms with Crippen LogP contribution in [0.5, 0.6) is 0 Å². The molecule has 22 heavy (non-hydrogen) atoms. The first kappa shape index (κ1) is 16.3. The van der Waals surface area contributed by atoms with E-state index >= 15 is 0 Å². The van der Waals surface area contributed by atoms with Gasteiger partial charge in [0.1, 0.15) is 6.04 Å². The highest BCUT2D eigenvalue weighted by atomic mass is 35.5. The topological polar surface area (TPSA) is 86.7 Å². The molecule has 0 unspecified atom stereocenters. The molecule has 1 aliphatic rings. The van der Waals surface area contributed by atoms with Crippen molar-refractivity contribution in [3.8, 4) is 0 Å². The molecule has 0 radical (unpaired) electrons. The number of piperidine rings is 1. The van der Waals surface area contributed by atoms with Crippen LogP contribution in [0.2, 0.25) is 5.02 Å². The van der Waals surface area contributed by atoms with Crippen molar-refractivity contribution < 1.29 is 19.5 Å².